The highest BCUT2D eigenvalue weighted by atomic mass is 15.2. The van der Waals surface area contributed by atoms with E-state index < -0.39 is 0 Å². The summed E-state index contributed by atoms with van der Waals surface area (Å²) in [5.74, 6) is 0.812. The van der Waals surface area contributed by atoms with Gasteiger partial charge >= 0.3 is 0 Å². The Morgan fingerprint density at radius 1 is 1.11 bits per heavy atom. The molecule has 0 bridgehead atoms. The first kappa shape index (κ1) is 11.7. The summed E-state index contributed by atoms with van der Waals surface area (Å²) < 4.78 is 2.12. The summed E-state index contributed by atoms with van der Waals surface area (Å²) in [6, 6.07) is 12.3. The molecule has 4 nitrogen and oxygen atoms in total. The Bertz CT molecular complexity index is 698. The quantitative estimate of drug-likeness (QED) is 0.779. The van der Waals surface area contributed by atoms with Crippen molar-refractivity contribution in [2.45, 2.75) is 6.92 Å². The van der Waals surface area contributed by atoms with Crippen molar-refractivity contribution < 1.29 is 0 Å². The van der Waals surface area contributed by atoms with Crippen LogP contribution in [0.25, 0.3) is 22.2 Å². The maximum absolute atomic E-state index is 4.31. The molecule has 2 aromatic heterocycles. The zero-order chi connectivity index (χ0) is 13.2. The van der Waals surface area contributed by atoms with Gasteiger partial charge in [0.15, 0.2) is 0 Å². The summed E-state index contributed by atoms with van der Waals surface area (Å²) in [7, 11) is 2.05. The third kappa shape index (κ3) is 2.05. The number of hydrogen-bond acceptors (Lipinski definition) is 3. The molecule has 1 aromatic carbocycles. The lowest BCUT2D eigenvalue weighted by Gasteiger charge is -2.02. The third-order valence-electron chi connectivity index (χ3n) is 3.20. The van der Waals surface area contributed by atoms with Crippen molar-refractivity contribution >= 4 is 16.7 Å². The van der Waals surface area contributed by atoms with Gasteiger partial charge in [-0.05, 0) is 25.1 Å². The number of aryl methyl sites for hydroxylation is 1. The fourth-order valence-electron chi connectivity index (χ4n) is 2.30. The predicted molar refractivity (Wildman–Crippen MR) is 78.1 cm³/mol. The molecule has 96 valence electrons. The number of benzene rings is 1. The molecule has 19 heavy (non-hydrogen) atoms. The molecule has 0 unspecified atom stereocenters. The van der Waals surface area contributed by atoms with E-state index >= 15 is 0 Å². The molecule has 0 saturated carbocycles. The number of anilines is 1. The van der Waals surface area contributed by atoms with Gasteiger partial charge in [-0.2, -0.15) is 0 Å². The van der Waals surface area contributed by atoms with Crippen LogP contribution in [-0.4, -0.2) is 21.3 Å². The molecule has 4 heteroatoms. The number of para-hydroxylation sites is 1. The SMILES string of the molecule is CCNc1ccc(-c2cn(C)c3ccccc23)nn1. The van der Waals surface area contributed by atoms with E-state index in [1.165, 1.54) is 10.9 Å². The minimum Gasteiger partial charge on any atom is -0.369 e. The molecular formula is C15H16N4. The second-order valence-electron chi connectivity index (χ2n) is 4.50. The van der Waals surface area contributed by atoms with Crippen molar-refractivity contribution in [3.05, 3.63) is 42.6 Å². The number of nitrogens with zero attached hydrogens (tertiary/aromatic N) is 3. The second kappa shape index (κ2) is 4.72. The van der Waals surface area contributed by atoms with Crippen molar-refractivity contribution in [1.29, 1.82) is 0 Å². The normalized spacial score (nSPS) is 10.8. The Morgan fingerprint density at radius 3 is 2.68 bits per heavy atom. The molecule has 0 spiro atoms. The zero-order valence-electron chi connectivity index (χ0n) is 11.1. The Kier molecular flexibility index (Phi) is 2.91. The second-order valence-corrected chi connectivity index (χ2v) is 4.50. The van der Waals surface area contributed by atoms with Gasteiger partial charge in [-0.1, -0.05) is 18.2 Å². The summed E-state index contributed by atoms with van der Waals surface area (Å²) >= 11 is 0. The lowest BCUT2D eigenvalue weighted by molar-refractivity contribution is 0.966. The molecule has 0 aliphatic heterocycles. The van der Waals surface area contributed by atoms with E-state index in [0.717, 1.165) is 23.6 Å². The van der Waals surface area contributed by atoms with Gasteiger partial charge < -0.3 is 9.88 Å². The maximum atomic E-state index is 4.31. The number of nitrogens with one attached hydrogen (secondary N) is 1. The lowest BCUT2D eigenvalue weighted by Crippen LogP contribution is -2.00. The summed E-state index contributed by atoms with van der Waals surface area (Å²) in [5, 5.41) is 12.8. The molecule has 3 rings (SSSR count). The number of fused-ring (bicyclic) bond motifs is 1. The fraction of sp³-hybridized carbons (Fsp3) is 0.200. The average molecular weight is 252 g/mol. The van der Waals surface area contributed by atoms with E-state index in [2.05, 4.69) is 38.4 Å². The first-order chi connectivity index (χ1) is 9.29. The molecule has 0 fully saturated rings. The molecule has 2 heterocycles. The van der Waals surface area contributed by atoms with Crippen molar-refractivity contribution in [3.63, 3.8) is 0 Å². The fourth-order valence-corrected chi connectivity index (χ4v) is 2.30. The monoisotopic (exact) mass is 252 g/mol. The molecule has 3 aromatic rings. The van der Waals surface area contributed by atoms with E-state index in [1.807, 2.05) is 38.2 Å². The highest BCUT2D eigenvalue weighted by Gasteiger charge is 2.09. The summed E-state index contributed by atoms with van der Waals surface area (Å²) in [4.78, 5) is 0. The van der Waals surface area contributed by atoms with E-state index in [-0.39, 0.29) is 0 Å². The highest BCUT2D eigenvalue weighted by Crippen LogP contribution is 2.28. The van der Waals surface area contributed by atoms with Crippen LogP contribution < -0.4 is 5.32 Å². The number of rotatable bonds is 3. The highest BCUT2D eigenvalue weighted by molar-refractivity contribution is 5.95. The van der Waals surface area contributed by atoms with Gasteiger partial charge in [0, 0.05) is 36.3 Å². The lowest BCUT2D eigenvalue weighted by atomic mass is 10.1. The molecule has 1 N–H and O–H groups in total. The molecule has 0 aliphatic rings. The molecule has 0 atom stereocenters. The van der Waals surface area contributed by atoms with Crippen LogP contribution in [0.4, 0.5) is 5.82 Å². The van der Waals surface area contributed by atoms with Gasteiger partial charge in [0.2, 0.25) is 0 Å². The largest absolute Gasteiger partial charge is 0.369 e. The first-order valence-electron chi connectivity index (χ1n) is 6.41. The van der Waals surface area contributed by atoms with Crippen molar-refractivity contribution in [2.24, 2.45) is 7.05 Å². The van der Waals surface area contributed by atoms with E-state index in [9.17, 15) is 0 Å². The van der Waals surface area contributed by atoms with Gasteiger partial charge in [0.05, 0.1) is 5.69 Å². The Hall–Kier alpha value is -2.36. The summed E-state index contributed by atoms with van der Waals surface area (Å²) in [5.41, 5.74) is 3.22. The van der Waals surface area contributed by atoms with E-state index in [1.54, 1.807) is 0 Å². The predicted octanol–water partition coefficient (Wildman–Crippen LogP) is 3.07. The first-order valence-corrected chi connectivity index (χ1v) is 6.41. The minimum atomic E-state index is 0.812. The van der Waals surface area contributed by atoms with Crippen LogP contribution in [0.2, 0.25) is 0 Å². The Labute approximate surface area is 112 Å². The van der Waals surface area contributed by atoms with Crippen LogP contribution in [0.15, 0.2) is 42.6 Å². The van der Waals surface area contributed by atoms with Crippen molar-refractivity contribution in [3.8, 4) is 11.3 Å². The molecular weight excluding hydrogens is 236 g/mol. The van der Waals surface area contributed by atoms with Gasteiger partial charge in [0.1, 0.15) is 5.82 Å². The topological polar surface area (TPSA) is 42.7 Å². The molecule has 0 aliphatic carbocycles. The third-order valence-corrected chi connectivity index (χ3v) is 3.20. The van der Waals surface area contributed by atoms with Gasteiger partial charge in [-0.3, -0.25) is 0 Å². The van der Waals surface area contributed by atoms with E-state index in [0.29, 0.717) is 0 Å². The summed E-state index contributed by atoms with van der Waals surface area (Å²) in [6.45, 7) is 2.89. The zero-order valence-corrected chi connectivity index (χ0v) is 11.1. The van der Waals surface area contributed by atoms with Gasteiger partial charge in [0.25, 0.3) is 0 Å². The van der Waals surface area contributed by atoms with Crippen LogP contribution >= 0.6 is 0 Å². The summed E-state index contributed by atoms with van der Waals surface area (Å²) in [6.07, 6.45) is 2.10. The Balaban J connectivity index is 2.09. The van der Waals surface area contributed by atoms with Crippen molar-refractivity contribution in [1.82, 2.24) is 14.8 Å². The molecule has 0 saturated heterocycles. The number of aromatic nitrogens is 3. The maximum Gasteiger partial charge on any atom is 0.148 e. The number of hydrogen-bond donors (Lipinski definition) is 1. The van der Waals surface area contributed by atoms with Crippen molar-refractivity contribution in [2.75, 3.05) is 11.9 Å². The average Bonchev–Trinajstić information content (AvgIpc) is 2.78. The van der Waals surface area contributed by atoms with Crippen LogP contribution in [0.1, 0.15) is 6.92 Å². The van der Waals surface area contributed by atoms with Crippen LogP contribution in [0, 0.1) is 0 Å². The van der Waals surface area contributed by atoms with E-state index in [4.69, 9.17) is 0 Å². The standard InChI is InChI=1S/C15H16N4/c1-3-16-15-9-8-13(17-18-15)12-10-19(2)14-7-5-4-6-11(12)14/h4-10H,3H2,1-2H3,(H,16,18). The minimum absolute atomic E-state index is 0.812. The Morgan fingerprint density at radius 2 is 1.95 bits per heavy atom. The van der Waals surface area contributed by atoms with Gasteiger partial charge in [-0.15, -0.1) is 10.2 Å². The van der Waals surface area contributed by atoms with Crippen LogP contribution in [0.3, 0.4) is 0 Å². The smallest absolute Gasteiger partial charge is 0.148 e. The molecule has 0 radical (unpaired) electrons. The molecule has 0 amide bonds. The van der Waals surface area contributed by atoms with Gasteiger partial charge in [-0.25, -0.2) is 0 Å². The van der Waals surface area contributed by atoms with Crippen LogP contribution in [-0.2, 0) is 7.05 Å². The van der Waals surface area contributed by atoms with Crippen LogP contribution in [0.5, 0.6) is 0 Å².